The Kier molecular flexibility index (Phi) is 6.01. The normalized spacial score (nSPS) is 12.1. The predicted octanol–water partition coefficient (Wildman–Crippen LogP) is 5.62. The highest BCUT2D eigenvalue weighted by Crippen LogP contribution is 2.26. The molecule has 0 radical (unpaired) electrons. The lowest BCUT2D eigenvalue weighted by molar-refractivity contribution is 0.523. The fourth-order valence-electron chi connectivity index (χ4n) is 3.28. The summed E-state index contributed by atoms with van der Waals surface area (Å²) in [4.78, 5) is 8.94. The zero-order chi connectivity index (χ0) is 21.1. The van der Waals surface area contributed by atoms with Gasteiger partial charge in [0, 0.05) is 17.4 Å². The maximum absolute atomic E-state index is 12.5. The lowest BCUT2D eigenvalue weighted by Crippen LogP contribution is -2.10. The molecule has 0 unspecified atom stereocenters. The van der Waals surface area contributed by atoms with Crippen LogP contribution >= 0.6 is 11.3 Å². The fraction of sp³-hybridized carbons (Fsp3) is 0.304. The van der Waals surface area contributed by atoms with Gasteiger partial charge in [-0.3, -0.25) is 0 Å². The summed E-state index contributed by atoms with van der Waals surface area (Å²) in [6.07, 6.45) is 0.973. The lowest BCUT2D eigenvalue weighted by Gasteiger charge is -2.05. The van der Waals surface area contributed by atoms with Crippen LogP contribution in [-0.4, -0.2) is 24.1 Å². The number of benzene rings is 2. The molecule has 4 rings (SSSR count). The van der Waals surface area contributed by atoms with Crippen molar-refractivity contribution in [3.8, 4) is 10.6 Å². The molecule has 0 amide bonds. The number of fused-ring (bicyclic) bond motifs is 1. The highest BCUT2D eigenvalue weighted by atomic mass is 32.2. The van der Waals surface area contributed by atoms with E-state index in [-0.39, 0.29) is 11.5 Å². The summed E-state index contributed by atoms with van der Waals surface area (Å²) >= 11 is 1.48. The Morgan fingerprint density at radius 3 is 2.53 bits per heavy atom. The number of sulfone groups is 1. The van der Waals surface area contributed by atoms with Crippen molar-refractivity contribution >= 4 is 32.3 Å². The van der Waals surface area contributed by atoms with E-state index < -0.39 is 9.84 Å². The van der Waals surface area contributed by atoms with Crippen molar-refractivity contribution in [1.82, 2.24) is 9.97 Å². The first-order chi connectivity index (χ1) is 14.4. The van der Waals surface area contributed by atoms with E-state index in [4.69, 9.17) is 4.42 Å². The van der Waals surface area contributed by atoms with E-state index in [1.807, 2.05) is 41.8 Å². The van der Waals surface area contributed by atoms with Crippen molar-refractivity contribution in [2.75, 3.05) is 5.75 Å². The van der Waals surface area contributed by atoms with Crippen molar-refractivity contribution in [3.05, 3.63) is 71.1 Å². The van der Waals surface area contributed by atoms with Gasteiger partial charge in [0.1, 0.15) is 10.5 Å². The molecule has 2 aromatic heterocycles. The summed E-state index contributed by atoms with van der Waals surface area (Å²) in [5.74, 6) is 1.10. The fourth-order valence-corrected chi connectivity index (χ4v) is 5.54. The third kappa shape index (κ3) is 4.96. The second-order valence-corrected chi connectivity index (χ2v) is 10.7. The van der Waals surface area contributed by atoms with Crippen LogP contribution in [0.25, 0.3) is 21.7 Å². The maximum atomic E-state index is 12.5. The van der Waals surface area contributed by atoms with Crippen LogP contribution in [0.2, 0.25) is 0 Å². The molecule has 0 fully saturated rings. The van der Waals surface area contributed by atoms with Crippen molar-refractivity contribution in [2.24, 2.45) is 0 Å². The van der Waals surface area contributed by atoms with Crippen LogP contribution in [0.5, 0.6) is 0 Å². The van der Waals surface area contributed by atoms with Gasteiger partial charge in [0.2, 0.25) is 0 Å². The lowest BCUT2D eigenvalue weighted by atomic mass is 10.0. The Bertz CT molecular complexity index is 1210. The van der Waals surface area contributed by atoms with Crippen molar-refractivity contribution < 1.29 is 12.8 Å². The number of thiazole rings is 1. The quantitative estimate of drug-likeness (QED) is 0.355. The van der Waals surface area contributed by atoms with Gasteiger partial charge in [0.15, 0.2) is 21.3 Å². The van der Waals surface area contributed by atoms with Crippen molar-refractivity contribution in [2.45, 2.75) is 38.4 Å². The SMILES string of the molecule is CC(C)c1ccc(-c2nc(CS(=O)(=O)CCCc3nc4ccccc4o3)cs2)cc1. The molecule has 0 atom stereocenters. The Morgan fingerprint density at radius 1 is 1.03 bits per heavy atom. The summed E-state index contributed by atoms with van der Waals surface area (Å²) in [7, 11) is -3.25. The van der Waals surface area contributed by atoms with Gasteiger partial charge in [-0.15, -0.1) is 11.3 Å². The smallest absolute Gasteiger partial charge is 0.195 e. The maximum Gasteiger partial charge on any atom is 0.195 e. The molecule has 0 saturated carbocycles. The Hall–Kier alpha value is -2.51. The molecular weight excluding hydrogens is 416 g/mol. The van der Waals surface area contributed by atoms with E-state index in [9.17, 15) is 8.42 Å². The molecule has 2 heterocycles. The van der Waals surface area contributed by atoms with Gasteiger partial charge in [-0.25, -0.2) is 18.4 Å². The van der Waals surface area contributed by atoms with Crippen LogP contribution in [0.15, 0.2) is 58.3 Å². The van der Waals surface area contributed by atoms with Gasteiger partial charge in [-0.1, -0.05) is 50.2 Å². The van der Waals surface area contributed by atoms with E-state index in [1.54, 1.807) is 0 Å². The summed E-state index contributed by atoms with van der Waals surface area (Å²) in [6, 6.07) is 15.8. The minimum absolute atomic E-state index is 0.0405. The summed E-state index contributed by atoms with van der Waals surface area (Å²) in [5.41, 5.74) is 4.42. The first kappa shape index (κ1) is 20.8. The Labute approximate surface area is 180 Å². The number of hydrogen-bond acceptors (Lipinski definition) is 6. The molecule has 7 heteroatoms. The van der Waals surface area contributed by atoms with Crippen LogP contribution in [0.4, 0.5) is 0 Å². The second-order valence-electron chi connectivity index (χ2n) is 7.69. The van der Waals surface area contributed by atoms with Crippen LogP contribution < -0.4 is 0 Å². The van der Waals surface area contributed by atoms with E-state index in [0.717, 1.165) is 21.7 Å². The third-order valence-corrected chi connectivity index (χ3v) is 7.51. The van der Waals surface area contributed by atoms with E-state index >= 15 is 0 Å². The second kappa shape index (κ2) is 8.70. The molecule has 0 aliphatic rings. The number of oxazole rings is 1. The highest BCUT2D eigenvalue weighted by molar-refractivity contribution is 7.90. The van der Waals surface area contributed by atoms with Gasteiger partial charge in [0.05, 0.1) is 17.2 Å². The van der Waals surface area contributed by atoms with Crippen LogP contribution in [0.3, 0.4) is 0 Å². The van der Waals surface area contributed by atoms with Gasteiger partial charge in [-0.05, 0) is 30.0 Å². The number of nitrogens with zero attached hydrogens (tertiary/aromatic N) is 2. The molecule has 0 bridgehead atoms. The molecular formula is C23H24N2O3S2. The van der Waals surface area contributed by atoms with Crippen LogP contribution in [0.1, 0.15) is 43.3 Å². The van der Waals surface area contributed by atoms with Gasteiger partial charge < -0.3 is 4.42 Å². The summed E-state index contributed by atoms with van der Waals surface area (Å²) in [6.45, 7) is 4.32. The average Bonchev–Trinajstić information content (AvgIpc) is 3.34. The minimum Gasteiger partial charge on any atom is -0.441 e. The van der Waals surface area contributed by atoms with Crippen LogP contribution in [-0.2, 0) is 22.0 Å². The minimum atomic E-state index is -3.25. The molecule has 0 spiro atoms. The largest absolute Gasteiger partial charge is 0.441 e. The molecule has 156 valence electrons. The topological polar surface area (TPSA) is 73.1 Å². The first-order valence-corrected chi connectivity index (χ1v) is 12.7. The number of para-hydroxylation sites is 2. The zero-order valence-corrected chi connectivity index (χ0v) is 18.7. The zero-order valence-electron chi connectivity index (χ0n) is 17.0. The molecule has 30 heavy (non-hydrogen) atoms. The average molecular weight is 441 g/mol. The monoisotopic (exact) mass is 440 g/mol. The predicted molar refractivity (Wildman–Crippen MR) is 121 cm³/mol. The number of aryl methyl sites for hydroxylation is 1. The number of aromatic nitrogens is 2. The molecule has 5 nitrogen and oxygen atoms in total. The molecule has 0 N–H and O–H groups in total. The van der Waals surface area contributed by atoms with Crippen molar-refractivity contribution in [3.63, 3.8) is 0 Å². The molecule has 2 aromatic carbocycles. The van der Waals surface area contributed by atoms with Gasteiger partial charge >= 0.3 is 0 Å². The molecule has 0 aliphatic heterocycles. The van der Waals surface area contributed by atoms with E-state index in [0.29, 0.717) is 30.3 Å². The summed E-state index contributed by atoms with van der Waals surface area (Å²) in [5, 5.41) is 2.69. The standard InChI is InChI=1S/C23H24N2O3S2/c1-16(2)17-9-11-18(12-10-17)23-24-19(14-29-23)15-30(26,27)13-5-8-22-25-20-6-3-4-7-21(20)28-22/h3-4,6-7,9-12,14,16H,5,8,13,15H2,1-2H3. The number of hydrogen-bond donors (Lipinski definition) is 0. The molecule has 4 aromatic rings. The molecule has 0 aliphatic carbocycles. The van der Waals surface area contributed by atoms with Gasteiger partial charge in [-0.2, -0.15) is 0 Å². The third-order valence-electron chi connectivity index (χ3n) is 4.93. The van der Waals surface area contributed by atoms with E-state index in [2.05, 4.69) is 35.9 Å². The summed E-state index contributed by atoms with van der Waals surface area (Å²) < 4.78 is 30.7. The Balaban J connectivity index is 1.35. The van der Waals surface area contributed by atoms with Crippen molar-refractivity contribution in [1.29, 1.82) is 0 Å². The number of rotatable bonds is 8. The molecule has 0 saturated heterocycles. The first-order valence-electron chi connectivity index (χ1n) is 9.99. The van der Waals surface area contributed by atoms with E-state index in [1.165, 1.54) is 16.9 Å². The highest BCUT2D eigenvalue weighted by Gasteiger charge is 2.16. The van der Waals surface area contributed by atoms with Crippen LogP contribution in [0, 0.1) is 0 Å². The van der Waals surface area contributed by atoms with Gasteiger partial charge in [0.25, 0.3) is 0 Å². The Morgan fingerprint density at radius 2 is 1.80 bits per heavy atom.